The van der Waals surface area contributed by atoms with Gasteiger partial charge >= 0.3 is 0 Å². The normalized spacial score (nSPS) is 20.7. The lowest BCUT2D eigenvalue weighted by molar-refractivity contribution is -0.0440. The monoisotopic (exact) mass is 473 g/mol. The Kier molecular flexibility index (Phi) is 6.35. The van der Waals surface area contributed by atoms with Gasteiger partial charge in [-0.05, 0) is 69.7 Å². The van der Waals surface area contributed by atoms with E-state index in [9.17, 15) is 13.2 Å². The second kappa shape index (κ2) is 8.90. The van der Waals surface area contributed by atoms with Gasteiger partial charge in [-0.15, -0.1) is 0 Å². The Morgan fingerprint density at radius 1 is 1.12 bits per heavy atom. The molecule has 1 amide bonds. The third kappa shape index (κ3) is 4.43. The second-order valence-electron chi connectivity index (χ2n) is 8.12. The predicted molar refractivity (Wildman–Crippen MR) is 125 cm³/mol. The summed E-state index contributed by atoms with van der Waals surface area (Å²) in [7, 11) is -3.65. The van der Waals surface area contributed by atoms with Crippen LogP contribution in [0.5, 0.6) is 0 Å². The molecular weight excluding hydrogens is 446 g/mol. The van der Waals surface area contributed by atoms with Crippen LogP contribution in [0.15, 0.2) is 52.4 Å². The molecule has 0 bridgehead atoms. The first-order chi connectivity index (χ1) is 15.2. The number of fused-ring (bicyclic) bond motifs is 1. The molecule has 7 nitrogen and oxygen atoms in total. The summed E-state index contributed by atoms with van der Waals surface area (Å²) >= 11 is 1.47. The van der Waals surface area contributed by atoms with Gasteiger partial charge in [0.2, 0.25) is 10.0 Å². The molecule has 2 atom stereocenters. The fourth-order valence-electron chi connectivity index (χ4n) is 3.97. The summed E-state index contributed by atoms with van der Waals surface area (Å²) in [6.45, 7) is 9.09. The predicted octanol–water partition coefficient (Wildman–Crippen LogP) is 3.57. The molecule has 32 heavy (non-hydrogen) atoms. The number of ether oxygens (including phenoxy) is 1. The third-order valence-corrected chi connectivity index (χ3v) is 8.36. The first-order valence-corrected chi connectivity index (χ1v) is 12.9. The topological polar surface area (TPSA) is 81.0 Å². The Hall–Kier alpha value is -2.33. The Morgan fingerprint density at radius 2 is 1.78 bits per heavy atom. The maximum Gasteiger partial charge on any atom is 0.279 e. The molecule has 0 N–H and O–H groups in total. The summed E-state index contributed by atoms with van der Waals surface area (Å²) in [6, 6.07) is 12.2. The van der Waals surface area contributed by atoms with Crippen molar-refractivity contribution in [2.24, 2.45) is 4.99 Å². The van der Waals surface area contributed by atoms with E-state index in [1.807, 2.05) is 44.4 Å². The number of carbonyl (C=O) groups excluding carboxylic acids is 1. The van der Waals surface area contributed by atoms with Gasteiger partial charge in [-0.3, -0.25) is 4.79 Å². The van der Waals surface area contributed by atoms with Crippen LogP contribution in [0.3, 0.4) is 0 Å². The van der Waals surface area contributed by atoms with Crippen LogP contribution >= 0.6 is 11.3 Å². The molecule has 0 aliphatic carbocycles. The molecule has 1 saturated heterocycles. The highest BCUT2D eigenvalue weighted by Gasteiger charge is 2.32. The summed E-state index contributed by atoms with van der Waals surface area (Å²) < 4.78 is 36.2. The van der Waals surface area contributed by atoms with E-state index in [4.69, 9.17) is 4.74 Å². The number of thiazole rings is 1. The Morgan fingerprint density at radius 3 is 2.41 bits per heavy atom. The highest BCUT2D eigenvalue weighted by Crippen LogP contribution is 2.22. The van der Waals surface area contributed by atoms with Gasteiger partial charge in [-0.25, -0.2) is 8.42 Å². The van der Waals surface area contributed by atoms with E-state index in [0.29, 0.717) is 30.0 Å². The van der Waals surface area contributed by atoms with Gasteiger partial charge in [0.05, 0.1) is 27.3 Å². The summed E-state index contributed by atoms with van der Waals surface area (Å²) in [4.78, 5) is 18.0. The molecule has 3 aromatic rings. The van der Waals surface area contributed by atoms with Crippen LogP contribution in [0.4, 0.5) is 0 Å². The first-order valence-electron chi connectivity index (χ1n) is 10.6. The van der Waals surface area contributed by atoms with Gasteiger partial charge in [-0.2, -0.15) is 9.30 Å². The molecule has 4 rings (SSSR count). The van der Waals surface area contributed by atoms with E-state index in [1.165, 1.54) is 39.9 Å². The van der Waals surface area contributed by atoms with E-state index in [2.05, 4.69) is 11.1 Å². The standard InChI is InChI=1S/C23H27N3O4S2/c1-5-26-20-11-6-15(2)12-21(20)31-23(26)24-22(27)18-7-9-19(10-8-18)32(28,29)25-13-16(3)30-17(4)14-25/h6-12,16-17H,5,13-14H2,1-4H3/t16-,17-/m1/s1. The second-order valence-corrected chi connectivity index (χ2v) is 11.1. The minimum atomic E-state index is -3.65. The summed E-state index contributed by atoms with van der Waals surface area (Å²) in [6.07, 6.45) is -0.327. The van der Waals surface area contributed by atoms with Crippen LogP contribution in [0.25, 0.3) is 10.2 Å². The summed E-state index contributed by atoms with van der Waals surface area (Å²) in [5.74, 6) is -0.395. The van der Waals surface area contributed by atoms with Crippen LogP contribution in [0.1, 0.15) is 36.7 Å². The number of sulfonamides is 1. The number of amides is 1. The van der Waals surface area contributed by atoms with Crippen LogP contribution < -0.4 is 4.80 Å². The number of aromatic nitrogens is 1. The van der Waals surface area contributed by atoms with E-state index in [-0.39, 0.29) is 17.1 Å². The largest absolute Gasteiger partial charge is 0.373 e. The van der Waals surface area contributed by atoms with Crippen molar-refractivity contribution in [1.29, 1.82) is 0 Å². The van der Waals surface area contributed by atoms with Crippen molar-refractivity contribution in [3.05, 3.63) is 58.4 Å². The van der Waals surface area contributed by atoms with E-state index < -0.39 is 15.9 Å². The highest BCUT2D eigenvalue weighted by molar-refractivity contribution is 7.89. The van der Waals surface area contributed by atoms with Crippen molar-refractivity contribution < 1.29 is 17.9 Å². The van der Waals surface area contributed by atoms with Gasteiger partial charge in [-0.1, -0.05) is 17.4 Å². The van der Waals surface area contributed by atoms with E-state index >= 15 is 0 Å². The Labute approximate surface area is 192 Å². The summed E-state index contributed by atoms with van der Waals surface area (Å²) in [5, 5.41) is 0. The molecule has 0 unspecified atom stereocenters. The zero-order valence-corrected chi connectivity index (χ0v) is 20.2. The molecule has 1 aromatic heterocycles. The number of morpholine rings is 1. The molecule has 1 fully saturated rings. The maximum absolute atomic E-state index is 13.0. The number of aryl methyl sites for hydroxylation is 2. The van der Waals surface area contributed by atoms with Gasteiger partial charge < -0.3 is 9.30 Å². The smallest absolute Gasteiger partial charge is 0.279 e. The fourth-order valence-corrected chi connectivity index (χ4v) is 6.75. The van der Waals surface area contributed by atoms with Crippen molar-refractivity contribution in [1.82, 2.24) is 8.87 Å². The van der Waals surface area contributed by atoms with Crippen molar-refractivity contribution in [2.45, 2.75) is 51.3 Å². The lowest BCUT2D eigenvalue weighted by atomic mass is 10.2. The number of benzene rings is 2. The van der Waals surface area contributed by atoms with Crippen molar-refractivity contribution in [3.8, 4) is 0 Å². The fraction of sp³-hybridized carbons (Fsp3) is 0.391. The maximum atomic E-state index is 13.0. The zero-order chi connectivity index (χ0) is 23.0. The van der Waals surface area contributed by atoms with Gasteiger partial charge in [0.15, 0.2) is 4.80 Å². The molecule has 0 spiro atoms. The van der Waals surface area contributed by atoms with Gasteiger partial charge in [0.1, 0.15) is 0 Å². The quantitative estimate of drug-likeness (QED) is 0.580. The van der Waals surface area contributed by atoms with Crippen LogP contribution in [0, 0.1) is 6.92 Å². The summed E-state index contributed by atoms with van der Waals surface area (Å²) in [5.41, 5.74) is 2.55. The van der Waals surface area contributed by atoms with E-state index in [0.717, 1.165) is 15.8 Å². The zero-order valence-electron chi connectivity index (χ0n) is 18.6. The Balaban J connectivity index is 1.62. The molecule has 170 valence electrons. The van der Waals surface area contributed by atoms with Gasteiger partial charge in [0.25, 0.3) is 5.91 Å². The molecule has 1 aliphatic rings. The number of hydrogen-bond donors (Lipinski definition) is 0. The van der Waals surface area contributed by atoms with Gasteiger partial charge in [0, 0.05) is 25.2 Å². The number of carbonyl (C=O) groups is 1. The molecule has 9 heteroatoms. The third-order valence-electron chi connectivity index (χ3n) is 5.48. The molecule has 0 radical (unpaired) electrons. The number of rotatable bonds is 4. The lowest BCUT2D eigenvalue weighted by Crippen LogP contribution is -2.48. The van der Waals surface area contributed by atoms with Crippen LogP contribution in [-0.4, -0.2) is 48.5 Å². The molecule has 0 saturated carbocycles. The highest BCUT2D eigenvalue weighted by atomic mass is 32.2. The van der Waals surface area contributed by atoms with Crippen molar-refractivity contribution >= 4 is 37.5 Å². The number of nitrogens with zero attached hydrogens (tertiary/aromatic N) is 3. The van der Waals surface area contributed by atoms with Crippen LogP contribution in [-0.2, 0) is 21.3 Å². The average molecular weight is 474 g/mol. The van der Waals surface area contributed by atoms with E-state index in [1.54, 1.807) is 0 Å². The van der Waals surface area contributed by atoms with Crippen molar-refractivity contribution in [2.75, 3.05) is 13.1 Å². The number of hydrogen-bond acceptors (Lipinski definition) is 5. The average Bonchev–Trinajstić information content (AvgIpc) is 3.08. The minimum Gasteiger partial charge on any atom is -0.373 e. The molecule has 2 heterocycles. The molecule has 2 aromatic carbocycles. The Bertz CT molecular complexity index is 1310. The van der Waals surface area contributed by atoms with Crippen LogP contribution in [0.2, 0.25) is 0 Å². The first kappa shape index (κ1) is 22.8. The SMILES string of the molecule is CCn1c(=NC(=O)c2ccc(S(=O)(=O)N3C[C@@H](C)O[C@H](C)C3)cc2)sc2cc(C)ccc21. The molecule has 1 aliphatic heterocycles. The van der Waals surface area contributed by atoms with Crippen molar-refractivity contribution in [3.63, 3.8) is 0 Å². The molecular formula is C23H27N3O4S2. The minimum absolute atomic E-state index is 0.163. The lowest BCUT2D eigenvalue weighted by Gasteiger charge is -2.34.